The van der Waals surface area contributed by atoms with Crippen LogP contribution in [-0.2, 0) is 14.8 Å². The van der Waals surface area contributed by atoms with Crippen molar-refractivity contribution in [2.45, 2.75) is 68.8 Å². The van der Waals surface area contributed by atoms with Crippen LogP contribution in [0.4, 0.5) is 24.8 Å². The van der Waals surface area contributed by atoms with Gasteiger partial charge in [0, 0.05) is 30.9 Å². The topological polar surface area (TPSA) is 141 Å². The van der Waals surface area contributed by atoms with Gasteiger partial charge in [-0.1, -0.05) is 6.07 Å². The van der Waals surface area contributed by atoms with Crippen molar-refractivity contribution in [3.05, 3.63) is 48.2 Å². The number of amides is 1. The summed E-state index contributed by atoms with van der Waals surface area (Å²) in [6, 6.07) is 9.03. The number of hydrogen-bond donors (Lipinski definition) is 2. The summed E-state index contributed by atoms with van der Waals surface area (Å²) in [6.45, 7) is 5.20. The molecule has 1 atom stereocenters. The zero-order valence-electron chi connectivity index (χ0n) is 24.8. The van der Waals surface area contributed by atoms with E-state index in [1.165, 1.54) is 28.9 Å². The summed E-state index contributed by atoms with van der Waals surface area (Å²) < 4.78 is 81.2. The van der Waals surface area contributed by atoms with Crippen LogP contribution in [0.1, 0.15) is 56.3 Å². The molecule has 16 heteroatoms. The number of carbonyl (C=O) groups excluding carboxylic acids is 1. The molecule has 1 unspecified atom stereocenters. The standard InChI is InChI=1S/C29H34F3N7O5S/c1-27(2)17-19-18-38(27)25-20(26(40)37-45(41,42)24-6-3-5-21(34-24)33-13-16-43-19)7-8-22(35-25)39-14-9-23(36-39)44-15-4-10-28(11-12-28)29(30,31)32/h3,5-9,14,19H,4,10-13,15-18H2,1-2H3,(H,33,34)(H,37,40). The minimum absolute atomic E-state index is 0.00963. The molecule has 0 aromatic carbocycles. The maximum Gasteiger partial charge on any atom is 0.394 e. The highest BCUT2D eigenvalue weighted by molar-refractivity contribution is 7.90. The van der Waals surface area contributed by atoms with Gasteiger partial charge >= 0.3 is 6.18 Å². The Morgan fingerprint density at radius 3 is 2.69 bits per heavy atom. The lowest BCUT2D eigenvalue weighted by Gasteiger charge is -2.33. The first-order valence-corrected chi connectivity index (χ1v) is 16.2. The molecular weight excluding hydrogens is 615 g/mol. The van der Waals surface area contributed by atoms with Gasteiger partial charge in [-0.2, -0.15) is 21.6 Å². The quantitative estimate of drug-likeness (QED) is 0.376. The van der Waals surface area contributed by atoms with E-state index in [0.29, 0.717) is 37.8 Å². The second-order valence-corrected chi connectivity index (χ2v) is 13.8. The van der Waals surface area contributed by atoms with E-state index in [1.54, 1.807) is 18.3 Å². The number of ether oxygens (including phenoxy) is 2. The van der Waals surface area contributed by atoms with Crippen LogP contribution in [0.2, 0.25) is 0 Å². The van der Waals surface area contributed by atoms with Crippen LogP contribution in [0, 0.1) is 5.41 Å². The number of halogens is 3. The van der Waals surface area contributed by atoms with Gasteiger partial charge in [0.05, 0.1) is 30.3 Å². The average Bonchev–Trinajstić information content (AvgIpc) is 3.53. The molecule has 6 rings (SSSR count). The molecular formula is C29H34F3N7O5S. The number of nitrogens with zero attached hydrogens (tertiary/aromatic N) is 5. The van der Waals surface area contributed by atoms with Crippen LogP contribution >= 0.6 is 0 Å². The van der Waals surface area contributed by atoms with Gasteiger partial charge in [0.1, 0.15) is 11.6 Å². The van der Waals surface area contributed by atoms with E-state index < -0.39 is 33.1 Å². The predicted molar refractivity (Wildman–Crippen MR) is 157 cm³/mol. The van der Waals surface area contributed by atoms with Crippen LogP contribution in [0.15, 0.2) is 47.6 Å². The minimum atomic E-state index is -4.32. The molecule has 242 valence electrons. The third-order valence-electron chi connectivity index (χ3n) is 8.50. The van der Waals surface area contributed by atoms with E-state index in [2.05, 4.69) is 20.1 Å². The number of sulfonamides is 1. The zero-order chi connectivity index (χ0) is 32.0. The Labute approximate surface area is 258 Å². The normalized spacial score (nSPS) is 21.9. The summed E-state index contributed by atoms with van der Waals surface area (Å²) in [5.74, 6) is 0.235. The fraction of sp³-hybridized carbons (Fsp3) is 0.517. The summed E-state index contributed by atoms with van der Waals surface area (Å²) >= 11 is 0. The number of pyridine rings is 2. The second kappa shape index (κ2) is 11.5. The summed E-state index contributed by atoms with van der Waals surface area (Å²) in [5, 5.41) is 7.11. The third-order valence-corrected chi connectivity index (χ3v) is 9.73. The molecule has 12 nitrogen and oxygen atoms in total. The highest BCUT2D eigenvalue weighted by atomic mass is 32.2. The van der Waals surface area contributed by atoms with Gasteiger partial charge in [0.2, 0.25) is 5.88 Å². The number of aromatic nitrogens is 4. The number of carbonyl (C=O) groups is 1. The summed E-state index contributed by atoms with van der Waals surface area (Å²) in [5.41, 5.74) is -2.05. The first-order valence-electron chi connectivity index (χ1n) is 14.7. The van der Waals surface area contributed by atoms with Gasteiger partial charge in [0.25, 0.3) is 15.9 Å². The summed E-state index contributed by atoms with van der Waals surface area (Å²) in [7, 11) is -4.32. The molecule has 0 spiro atoms. The van der Waals surface area contributed by atoms with Gasteiger partial charge in [-0.3, -0.25) is 4.79 Å². The molecule has 3 aromatic rings. The number of fused-ring (bicyclic) bond motifs is 6. The maximum atomic E-state index is 13.5. The first kappa shape index (κ1) is 31.1. The molecule has 0 radical (unpaired) electrons. The van der Waals surface area contributed by atoms with Crippen LogP contribution in [0.5, 0.6) is 5.88 Å². The Hall–Kier alpha value is -3.92. The predicted octanol–water partition coefficient (Wildman–Crippen LogP) is 4.08. The molecule has 5 heterocycles. The lowest BCUT2D eigenvalue weighted by molar-refractivity contribution is -0.189. The van der Waals surface area contributed by atoms with E-state index >= 15 is 0 Å². The van der Waals surface area contributed by atoms with Gasteiger partial charge in [-0.05, 0) is 70.2 Å². The third kappa shape index (κ3) is 6.43. The summed E-state index contributed by atoms with van der Waals surface area (Å²) in [4.78, 5) is 24.3. The summed E-state index contributed by atoms with van der Waals surface area (Å²) in [6.07, 6.45) is -1.61. The second-order valence-electron chi connectivity index (χ2n) is 12.2. The van der Waals surface area contributed by atoms with E-state index in [4.69, 9.17) is 14.5 Å². The molecule has 1 aliphatic carbocycles. The number of alkyl halides is 3. The lowest BCUT2D eigenvalue weighted by Crippen LogP contribution is -2.41. The van der Waals surface area contributed by atoms with Gasteiger partial charge in [-0.15, -0.1) is 5.10 Å². The van der Waals surface area contributed by atoms with Crippen molar-refractivity contribution < 1.29 is 35.9 Å². The maximum absolute atomic E-state index is 13.5. The molecule has 1 saturated carbocycles. The smallest absolute Gasteiger partial charge is 0.394 e. The van der Waals surface area contributed by atoms with E-state index in [0.717, 1.165) is 0 Å². The van der Waals surface area contributed by atoms with Crippen molar-refractivity contribution >= 4 is 27.6 Å². The first-order chi connectivity index (χ1) is 21.3. The molecule has 3 aromatic heterocycles. The molecule has 3 aliphatic rings. The van der Waals surface area contributed by atoms with Crippen LogP contribution < -0.4 is 19.7 Å². The van der Waals surface area contributed by atoms with Crippen LogP contribution in [0.25, 0.3) is 5.82 Å². The van der Waals surface area contributed by atoms with Crippen LogP contribution in [-0.4, -0.2) is 78.2 Å². The number of rotatable bonds is 6. The van der Waals surface area contributed by atoms with Crippen molar-refractivity contribution in [2.75, 3.05) is 36.5 Å². The SMILES string of the molecule is CC1(C)CC2CN1c1nc(-n3ccc(OCCCC4(C(F)(F)F)CC4)n3)ccc1C(=O)NS(=O)(=O)c1cccc(n1)NCCO2. The van der Waals surface area contributed by atoms with Crippen molar-refractivity contribution in [1.82, 2.24) is 24.5 Å². The van der Waals surface area contributed by atoms with Gasteiger partial charge in [-0.25, -0.2) is 19.4 Å². The van der Waals surface area contributed by atoms with E-state index in [-0.39, 0.29) is 60.7 Å². The Morgan fingerprint density at radius 2 is 1.93 bits per heavy atom. The van der Waals surface area contributed by atoms with Gasteiger partial charge in [0.15, 0.2) is 10.8 Å². The molecule has 2 aliphatic heterocycles. The average molecular weight is 650 g/mol. The zero-order valence-corrected chi connectivity index (χ0v) is 25.6. The Bertz CT molecular complexity index is 1690. The van der Waals surface area contributed by atoms with Crippen molar-refractivity contribution in [3.8, 4) is 11.7 Å². The molecule has 1 saturated heterocycles. The Morgan fingerprint density at radius 1 is 1.13 bits per heavy atom. The van der Waals surface area contributed by atoms with Crippen molar-refractivity contribution in [2.24, 2.45) is 5.41 Å². The minimum Gasteiger partial charge on any atom is -0.477 e. The highest BCUT2D eigenvalue weighted by Gasteiger charge is 2.62. The Balaban J connectivity index is 1.26. The lowest BCUT2D eigenvalue weighted by atomic mass is 10.0. The molecule has 2 N–H and O–H groups in total. The fourth-order valence-electron chi connectivity index (χ4n) is 5.84. The van der Waals surface area contributed by atoms with Gasteiger partial charge < -0.3 is 19.7 Å². The van der Waals surface area contributed by atoms with Crippen LogP contribution in [0.3, 0.4) is 0 Å². The molecule has 1 amide bonds. The highest BCUT2D eigenvalue weighted by Crippen LogP contribution is 2.60. The largest absolute Gasteiger partial charge is 0.477 e. The fourth-order valence-corrected chi connectivity index (χ4v) is 6.77. The Kier molecular flexibility index (Phi) is 7.92. The number of hydrogen-bond acceptors (Lipinski definition) is 10. The number of anilines is 2. The van der Waals surface area contributed by atoms with Crippen molar-refractivity contribution in [3.63, 3.8) is 0 Å². The molecule has 4 bridgehead atoms. The molecule has 2 fully saturated rings. The van der Waals surface area contributed by atoms with Crippen molar-refractivity contribution in [1.29, 1.82) is 0 Å². The van der Waals surface area contributed by atoms with E-state index in [1.807, 2.05) is 18.7 Å². The monoisotopic (exact) mass is 649 g/mol. The van der Waals surface area contributed by atoms with E-state index in [9.17, 15) is 26.4 Å². The molecule has 45 heavy (non-hydrogen) atoms. The number of nitrogens with one attached hydrogen (secondary N) is 2.